The van der Waals surface area contributed by atoms with E-state index in [4.69, 9.17) is 0 Å². The van der Waals surface area contributed by atoms with Crippen molar-refractivity contribution in [2.75, 3.05) is 21.5 Å². The number of hydrogen-bond acceptors (Lipinski definition) is 8. The number of carbonyl (C=O) groups excluding carboxylic acids is 1. The van der Waals surface area contributed by atoms with Crippen molar-refractivity contribution in [3.8, 4) is 0 Å². The number of rotatable bonds is 9. The number of hydrogen-bond donors (Lipinski definition) is 2. The molecule has 0 aliphatic carbocycles. The number of sulfone groups is 1. The van der Waals surface area contributed by atoms with E-state index in [1.165, 1.54) is 45.0 Å². The molecule has 2 N–H and O–H groups in total. The van der Waals surface area contributed by atoms with Gasteiger partial charge in [0.25, 0.3) is 10.0 Å². The lowest BCUT2D eigenvalue weighted by Crippen LogP contribution is -2.17. The van der Waals surface area contributed by atoms with Gasteiger partial charge in [0.05, 0.1) is 10.6 Å². The van der Waals surface area contributed by atoms with E-state index in [1.807, 2.05) is 0 Å². The molecule has 2 aromatic rings. The van der Waals surface area contributed by atoms with Crippen LogP contribution in [0.4, 0.5) is 17.3 Å². The Morgan fingerprint density at radius 3 is 2.30 bits per heavy atom. The Bertz CT molecular complexity index is 1170. The van der Waals surface area contributed by atoms with E-state index in [2.05, 4.69) is 15.0 Å². The summed E-state index contributed by atoms with van der Waals surface area (Å²) in [6.45, 7) is 3.93. The fourth-order valence-corrected chi connectivity index (χ4v) is 4.31. The third-order valence-electron chi connectivity index (χ3n) is 4.09. The first-order chi connectivity index (χ1) is 13.9. The van der Waals surface area contributed by atoms with E-state index in [0.29, 0.717) is 5.69 Å². The average Bonchev–Trinajstić information content (AvgIpc) is 2.94. The summed E-state index contributed by atoms with van der Waals surface area (Å²) in [6, 6.07) is 5.17. The quantitative estimate of drug-likeness (QED) is 0.417. The molecule has 0 spiro atoms. The molecule has 0 bridgehead atoms. The second-order valence-electron chi connectivity index (χ2n) is 6.29. The maximum atomic E-state index is 12.6. The summed E-state index contributed by atoms with van der Waals surface area (Å²) < 4.78 is 51.9. The fourth-order valence-electron chi connectivity index (χ4n) is 2.56. The SMILES string of the molecule is CCS(=O)(=O)CCn1c(C)nc(NS(=O)(=O)c2ccc(NC(C)=O)cc2)c1[N+](=O)[O-]. The Morgan fingerprint density at radius 1 is 1.20 bits per heavy atom. The zero-order chi connectivity index (χ0) is 22.7. The largest absolute Gasteiger partial charge is 0.368 e. The molecule has 1 amide bonds. The molecule has 0 saturated carbocycles. The van der Waals surface area contributed by atoms with Crippen LogP contribution in [0.3, 0.4) is 0 Å². The summed E-state index contributed by atoms with van der Waals surface area (Å²) in [7, 11) is -7.63. The molecular formula is C16H21N5O7S2. The number of nitrogens with one attached hydrogen (secondary N) is 2. The van der Waals surface area contributed by atoms with Gasteiger partial charge < -0.3 is 15.4 Å². The number of sulfonamides is 1. The average molecular weight is 460 g/mol. The highest BCUT2D eigenvalue weighted by atomic mass is 32.2. The van der Waals surface area contributed by atoms with Crippen LogP contribution in [-0.4, -0.2) is 48.7 Å². The highest BCUT2D eigenvalue weighted by Gasteiger charge is 2.29. The van der Waals surface area contributed by atoms with Crippen LogP contribution in [0.15, 0.2) is 29.2 Å². The molecule has 0 atom stereocenters. The van der Waals surface area contributed by atoms with Crippen molar-refractivity contribution in [3.63, 3.8) is 0 Å². The summed E-state index contributed by atoms with van der Waals surface area (Å²) in [5, 5.41) is 14.0. The van der Waals surface area contributed by atoms with Crippen molar-refractivity contribution in [1.82, 2.24) is 9.55 Å². The normalized spacial score (nSPS) is 11.8. The van der Waals surface area contributed by atoms with Crippen LogP contribution in [0.25, 0.3) is 0 Å². The molecule has 1 aromatic carbocycles. The van der Waals surface area contributed by atoms with E-state index in [1.54, 1.807) is 0 Å². The number of aryl methyl sites for hydroxylation is 1. The van der Waals surface area contributed by atoms with Gasteiger partial charge in [-0.15, -0.1) is 0 Å². The van der Waals surface area contributed by atoms with Gasteiger partial charge in [-0.05, 0) is 29.2 Å². The van der Waals surface area contributed by atoms with Crippen molar-refractivity contribution < 1.29 is 26.6 Å². The lowest BCUT2D eigenvalue weighted by atomic mass is 10.3. The number of nitrogens with zero attached hydrogens (tertiary/aromatic N) is 3. The van der Waals surface area contributed by atoms with E-state index in [9.17, 15) is 31.7 Å². The first kappa shape index (κ1) is 23.3. The Hall–Kier alpha value is -3.00. The minimum atomic E-state index is -4.23. The lowest BCUT2D eigenvalue weighted by molar-refractivity contribution is -0.391. The van der Waals surface area contributed by atoms with Crippen LogP contribution >= 0.6 is 0 Å². The molecule has 30 heavy (non-hydrogen) atoms. The molecule has 0 radical (unpaired) electrons. The van der Waals surface area contributed by atoms with Crippen molar-refractivity contribution in [3.05, 3.63) is 40.2 Å². The zero-order valence-corrected chi connectivity index (χ0v) is 18.1. The van der Waals surface area contributed by atoms with Crippen LogP contribution in [-0.2, 0) is 31.2 Å². The maximum Gasteiger partial charge on any atom is 0.368 e. The molecule has 164 valence electrons. The third kappa shape index (κ3) is 5.54. The van der Waals surface area contributed by atoms with E-state index >= 15 is 0 Å². The van der Waals surface area contributed by atoms with Gasteiger partial charge in [-0.2, -0.15) is 4.98 Å². The van der Waals surface area contributed by atoms with Gasteiger partial charge in [0.15, 0.2) is 15.7 Å². The molecular weight excluding hydrogens is 438 g/mol. The number of benzene rings is 1. The van der Waals surface area contributed by atoms with E-state index in [0.717, 1.165) is 4.57 Å². The number of amides is 1. The second kappa shape index (κ2) is 8.79. The molecule has 1 aromatic heterocycles. The highest BCUT2D eigenvalue weighted by Crippen LogP contribution is 2.28. The fraction of sp³-hybridized carbons (Fsp3) is 0.375. The molecule has 2 rings (SSSR count). The maximum absolute atomic E-state index is 12.6. The predicted molar refractivity (Wildman–Crippen MR) is 110 cm³/mol. The summed E-state index contributed by atoms with van der Waals surface area (Å²) in [5.74, 6) is -1.88. The molecule has 0 aliphatic heterocycles. The first-order valence-electron chi connectivity index (χ1n) is 8.68. The summed E-state index contributed by atoms with van der Waals surface area (Å²) >= 11 is 0. The topological polar surface area (TPSA) is 170 Å². The number of nitro groups is 1. The summed E-state index contributed by atoms with van der Waals surface area (Å²) in [6.07, 6.45) is 0. The molecule has 0 aliphatic rings. The van der Waals surface area contributed by atoms with Crippen molar-refractivity contribution in [2.45, 2.75) is 32.2 Å². The van der Waals surface area contributed by atoms with Crippen molar-refractivity contribution in [2.24, 2.45) is 0 Å². The Kier molecular flexibility index (Phi) is 6.82. The highest BCUT2D eigenvalue weighted by molar-refractivity contribution is 7.92. The predicted octanol–water partition coefficient (Wildman–Crippen LogP) is 1.29. The van der Waals surface area contributed by atoms with Gasteiger partial charge >= 0.3 is 5.82 Å². The number of anilines is 2. The summed E-state index contributed by atoms with van der Waals surface area (Å²) in [4.78, 5) is 25.5. The molecule has 14 heteroatoms. The Labute approximate surface area is 173 Å². The minimum absolute atomic E-state index is 0.0895. The van der Waals surface area contributed by atoms with Gasteiger partial charge in [-0.25, -0.2) is 21.4 Å². The van der Waals surface area contributed by atoms with E-state index in [-0.39, 0.29) is 34.7 Å². The van der Waals surface area contributed by atoms with Gasteiger partial charge in [0, 0.05) is 25.3 Å². The zero-order valence-electron chi connectivity index (χ0n) is 16.4. The van der Waals surface area contributed by atoms with Gasteiger partial charge in [-0.3, -0.25) is 9.52 Å². The van der Waals surface area contributed by atoms with Crippen LogP contribution in [0.2, 0.25) is 0 Å². The standard InChI is InChI=1S/C16H21N5O7S2/c1-4-29(25,26)10-9-20-11(2)17-15(16(20)21(23)24)19-30(27,28)14-7-5-13(6-8-14)18-12(3)22/h5-8,19H,4,9-10H2,1-3H3,(H,18,22). The van der Waals surface area contributed by atoms with Crippen LogP contribution < -0.4 is 10.0 Å². The number of imidazole rings is 1. The first-order valence-corrected chi connectivity index (χ1v) is 12.0. The summed E-state index contributed by atoms with van der Waals surface area (Å²) in [5.41, 5.74) is 0.379. The second-order valence-corrected chi connectivity index (χ2v) is 10.4. The molecule has 0 fully saturated rings. The van der Waals surface area contributed by atoms with Crippen LogP contribution in [0, 0.1) is 17.0 Å². The van der Waals surface area contributed by atoms with Gasteiger partial charge in [0.1, 0.15) is 6.54 Å². The van der Waals surface area contributed by atoms with Gasteiger partial charge in [-0.1, -0.05) is 6.92 Å². The number of carbonyl (C=O) groups is 1. The third-order valence-corrected chi connectivity index (χ3v) is 7.13. The van der Waals surface area contributed by atoms with Crippen LogP contribution in [0.5, 0.6) is 0 Å². The number of aromatic nitrogens is 2. The molecule has 0 unspecified atom stereocenters. The molecule has 12 nitrogen and oxygen atoms in total. The lowest BCUT2D eigenvalue weighted by Gasteiger charge is -2.08. The Balaban J connectivity index is 2.36. The molecule has 0 saturated heterocycles. The van der Waals surface area contributed by atoms with Crippen LogP contribution in [0.1, 0.15) is 19.7 Å². The smallest absolute Gasteiger partial charge is 0.358 e. The van der Waals surface area contributed by atoms with E-state index < -0.39 is 36.4 Å². The monoisotopic (exact) mass is 459 g/mol. The molecule has 1 heterocycles. The van der Waals surface area contributed by atoms with Crippen molar-refractivity contribution in [1.29, 1.82) is 0 Å². The Morgan fingerprint density at radius 2 is 1.80 bits per heavy atom. The van der Waals surface area contributed by atoms with Gasteiger partial charge in [0.2, 0.25) is 11.7 Å². The minimum Gasteiger partial charge on any atom is -0.358 e. The van der Waals surface area contributed by atoms with Crippen molar-refractivity contribution >= 4 is 43.1 Å².